The summed E-state index contributed by atoms with van der Waals surface area (Å²) in [7, 11) is 0. The van der Waals surface area contributed by atoms with Crippen molar-refractivity contribution in [2.75, 3.05) is 11.9 Å². The van der Waals surface area contributed by atoms with E-state index >= 15 is 0 Å². The molecular weight excluding hydrogens is 301 g/mol. The second kappa shape index (κ2) is 5.87. The van der Waals surface area contributed by atoms with Gasteiger partial charge in [-0.3, -0.25) is 0 Å². The molecule has 90 valence electrons. The van der Waals surface area contributed by atoms with Crippen LogP contribution in [0.1, 0.15) is 4.88 Å². The van der Waals surface area contributed by atoms with E-state index in [4.69, 9.17) is 34.8 Å². The lowest BCUT2D eigenvalue weighted by Crippen LogP contribution is -2.06. The van der Waals surface area contributed by atoms with E-state index in [0.717, 1.165) is 10.8 Å². The lowest BCUT2D eigenvalue weighted by atomic mass is 10.3. The molecule has 0 spiro atoms. The molecule has 2 aromatic rings. The first-order chi connectivity index (χ1) is 8.15. The number of hydrogen-bond donors (Lipinski definition) is 1. The van der Waals surface area contributed by atoms with Crippen LogP contribution in [0.4, 0.5) is 5.82 Å². The predicted octanol–water partition coefficient (Wildman–Crippen LogP) is 4.15. The molecular formula is C10H8Cl3N3S. The van der Waals surface area contributed by atoms with Gasteiger partial charge in [0.25, 0.3) is 0 Å². The van der Waals surface area contributed by atoms with Crippen LogP contribution in [0.15, 0.2) is 18.3 Å². The van der Waals surface area contributed by atoms with E-state index in [1.54, 1.807) is 11.3 Å². The van der Waals surface area contributed by atoms with Gasteiger partial charge in [0.15, 0.2) is 0 Å². The van der Waals surface area contributed by atoms with Gasteiger partial charge in [0.05, 0.1) is 10.5 Å². The number of aromatic nitrogens is 2. The van der Waals surface area contributed by atoms with Crippen molar-refractivity contribution in [3.05, 3.63) is 37.8 Å². The Bertz CT molecular complexity index is 515. The van der Waals surface area contributed by atoms with Gasteiger partial charge in [0, 0.05) is 11.4 Å². The summed E-state index contributed by atoms with van der Waals surface area (Å²) in [5, 5.41) is 3.74. The Kier molecular flexibility index (Phi) is 4.45. The third-order valence-corrected chi connectivity index (χ3v) is 3.76. The molecule has 0 saturated carbocycles. The third kappa shape index (κ3) is 3.71. The smallest absolute Gasteiger partial charge is 0.224 e. The van der Waals surface area contributed by atoms with Crippen LogP contribution >= 0.6 is 46.1 Å². The van der Waals surface area contributed by atoms with Gasteiger partial charge in [-0.25, -0.2) is 4.98 Å². The van der Waals surface area contributed by atoms with Gasteiger partial charge < -0.3 is 5.32 Å². The van der Waals surface area contributed by atoms with Crippen LogP contribution in [-0.2, 0) is 6.42 Å². The maximum atomic E-state index is 5.92. The first-order valence-electron chi connectivity index (χ1n) is 4.81. The van der Waals surface area contributed by atoms with Crippen LogP contribution in [0.2, 0.25) is 14.6 Å². The Labute approximate surface area is 118 Å². The van der Waals surface area contributed by atoms with Crippen molar-refractivity contribution < 1.29 is 0 Å². The summed E-state index contributed by atoms with van der Waals surface area (Å²) in [6.45, 7) is 0.712. The molecule has 3 nitrogen and oxygen atoms in total. The fourth-order valence-electron chi connectivity index (χ4n) is 1.26. The van der Waals surface area contributed by atoms with Gasteiger partial charge in [-0.05, 0) is 30.2 Å². The number of halogens is 3. The fourth-order valence-corrected chi connectivity index (χ4v) is 2.64. The molecule has 2 rings (SSSR count). The summed E-state index contributed by atoms with van der Waals surface area (Å²) in [6.07, 6.45) is 2.33. The average molecular weight is 309 g/mol. The molecule has 0 aliphatic heterocycles. The van der Waals surface area contributed by atoms with Crippen molar-refractivity contribution in [1.82, 2.24) is 9.97 Å². The second-order valence-corrected chi connectivity index (χ2v) is 5.76. The molecule has 17 heavy (non-hydrogen) atoms. The zero-order chi connectivity index (χ0) is 12.3. The summed E-state index contributed by atoms with van der Waals surface area (Å²) < 4.78 is 0.795. The SMILES string of the molecule is Clc1ncc(Cl)c(NCCc2ccc(Cl)s2)n1. The summed E-state index contributed by atoms with van der Waals surface area (Å²) in [4.78, 5) is 8.98. The zero-order valence-electron chi connectivity index (χ0n) is 8.58. The molecule has 2 heterocycles. The molecule has 0 aromatic carbocycles. The first-order valence-corrected chi connectivity index (χ1v) is 6.76. The number of anilines is 1. The number of hydrogen-bond acceptors (Lipinski definition) is 4. The minimum Gasteiger partial charge on any atom is -0.368 e. The lowest BCUT2D eigenvalue weighted by molar-refractivity contribution is 1.02. The Hall–Kier alpha value is -0.550. The van der Waals surface area contributed by atoms with Gasteiger partial charge in [0.2, 0.25) is 5.28 Å². The number of rotatable bonds is 4. The van der Waals surface area contributed by atoms with E-state index < -0.39 is 0 Å². The Morgan fingerprint density at radius 2 is 2.06 bits per heavy atom. The average Bonchev–Trinajstić information content (AvgIpc) is 2.69. The van der Waals surface area contributed by atoms with Crippen molar-refractivity contribution in [2.45, 2.75) is 6.42 Å². The van der Waals surface area contributed by atoms with E-state index in [-0.39, 0.29) is 5.28 Å². The molecule has 0 amide bonds. The molecule has 0 bridgehead atoms. The molecule has 0 unspecified atom stereocenters. The number of nitrogens with one attached hydrogen (secondary N) is 1. The van der Waals surface area contributed by atoms with Crippen LogP contribution in [0.5, 0.6) is 0 Å². The van der Waals surface area contributed by atoms with Crippen molar-refractivity contribution in [2.24, 2.45) is 0 Å². The fraction of sp³-hybridized carbons (Fsp3) is 0.200. The van der Waals surface area contributed by atoms with Gasteiger partial charge >= 0.3 is 0 Å². The van der Waals surface area contributed by atoms with Crippen LogP contribution in [0.3, 0.4) is 0 Å². The van der Waals surface area contributed by atoms with E-state index in [1.807, 2.05) is 12.1 Å². The van der Waals surface area contributed by atoms with Gasteiger partial charge in [-0.1, -0.05) is 23.2 Å². The Morgan fingerprint density at radius 3 is 2.76 bits per heavy atom. The van der Waals surface area contributed by atoms with Crippen molar-refractivity contribution >= 4 is 52.0 Å². The highest BCUT2D eigenvalue weighted by Crippen LogP contribution is 2.22. The van der Waals surface area contributed by atoms with E-state index in [9.17, 15) is 0 Å². The topological polar surface area (TPSA) is 37.8 Å². The molecule has 2 aromatic heterocycles. The van der Waals surface area contributed by atoms with Crippen molar-refractivity contribution in [1.29, 1.82) is 0 Å². The van der Waals surface area contributed by atoms with Gasteiger partial charge in [0.1, 0.15) is 10.8 Å². The summed E-state index contributed by atoms with van der Waals surface area (Å²) in [6, 6.07) is 3.89. The summed E-state index contributed by atoms with van der Waals surface area (Å²) in [5.74, 6) is 0.550. The molecule has 0 saturated heterocycles. The summed E-state index contributed by atoms with van der Waals surface area (Å²) >= 11 is 19.0. The van der Waals surface area contributed by atoms with E-state index in [0.29, 0.717) is 17.4 Å². The first kappa shape index (κ1) is 12.9. The van der Waals surface area contributed by atoms with Crippen LogP contribution < -0.4 is 5.32 Å². The molecule has 0 radical (unpaired) electrons. The molecule has 0 fully saturated rings. The zero-order valence-corrected chi connectivity index (χ0v) is 11.7. The minimum absolute atomic E-state index is 0.177. The summed E-state index contributed by atoms with van der Waals surface area (Å²) in [5.41, 5.74) is 0. The van der Waals surface area contributed by atoms with Crippen molar-refractivity contribution in [3.63, 3.8) is 0 Å². The van der Waals surface area contributed by atoms with Gasteiger partial charge in [-0.2, -0.15) is 4.98 Å². The largest absolute Gasteiger partial charge is 0.368 e. The number of thiophene rings is 1. The standard InChI is InChI=1S/C10H8Cl3N3S/c11-7-5-15-10(13)16-9(7)14-4-3-6-1-2-8(12)17-6/h1-2,5H,3-4H2,(H,14,15,16). The molecule has 0 atom stereocenters. The quantitative estimate of drug-likeness (QED) is 0.862. The normalized spacial score (nSPS) is 10.5. The van der Waals surface area contributed by atoms with E-state index in [1.165, 1.54) is 11.1 Å². The van der Waals surface area contributed by atoms with E-state index in [2.05, 4.69) is 15.3 Å². The predicted molar refractivity (Wildman–Crippen MR) is 73.6 cm³/mol. The Morgan fingerprint density at radius 1 is 1.24 bits per heavy atom. The van der Waals surface area contributed by atoms with Crippen molar-refractivity contribution in [3.8, 4) is 0 Å². The van der Waals surface area contributed by atoms with Gasteiger partial charge in [-0.15, -0.1) is 11.3 Å². The second-order valence-electron chi connectivity index (χ2n) is 3.22. The maximum Gasteiger partial charge on any atom is 0.224 e. The number of nitrogens with zero attached hydrogens (tertiary/aromatic N) is 2. The maximum absolute atomic E-state index is 5.92. The Balaban J connectivity index is 1.91. The minimum atomic E-state index is 0.177. The molecule has 7 heteroatoms. The lowest BCUT2D eigenvalue weighted by Gasteiger charge is -2.05. The van der Waals surface area contributed by atoms with Crippen LogP contribution in [0, 0.1) is 0 Å². The molecule has 0 aliphatic carbocycles. The highest BCUT2D eigenvalue weighted by Gasteiger charge is 2.04. The third-order valence-electron chi connectivity index (χ3n) is 2.01. The highest BCUT2D eigenvalue weighted by molar-refractivity contribution is 7.16. The highest BCUT2D eigenvalue weighted by atomic mass is 35.5. The molecule has 1 N–H and O–H groups in total. The van der Waals surface area contributed by atoms with Crippen LogP contribution in [0.25, 0.3) is 0 Å². The monoisotopic (exact) mass is 307 g/mol. The van der Waals surface area contributed by atoms with Crippen LogP contribution in [-0.4, -0.2) is 16.5 Å². The molecule has 0 aliphatic rings.